The summed E-state index contributed by atoms with van der Waals surface area (Å²) in [6.45, 7) is 2.50. The van der Waals surface area contributed by atoms with Crippen molar-refractivity contribution in [2.75, 3.05) is 13.1 Å². The molecule has 1 nitrogen and oxygen atoms in total. The van der Waals surface area contributed by atoms with Gasteiger partial charge in [0.2, 0.25) is 0 Å². The smallest absolute Gasteiger partial charge is 0 e. The molecule has 1 saturated heterocycles. The molecule has 1 heterocycles. The Morgan fingerprint density at radius 1 is 1.00 bits per heavy atom. The first-order valence-electron chi connectivity index (χ1n) is 3.04. The molecule has 1 aliphatic rings. The zero-order valence-corrected chi connectivity index (χ0v) is 5.19. The largest absolute Gasteiger partial charge is 0.317 e. The molecular formula is C7H15N. The van der Waals surface area contributed by atoms with E-state index < -0.39 is 0 Å². The second-order valence-electron chi connectivity index (χ2n) is 1.81. The van der Waals surface area contributed by atoms with E-state index in [0.717, 1.165) is 0 Å². The second-order valence-corrected chi connectivity index (χ2v) is 1.81. The maximum atomic E-state index is 4.00. The summed E-state index contributed by atoms with van der Waals surface area (Å²) in [6, 6.07) is 0. The fourth-order valence-corrected chi connectivity index (χ4v) is 0.802. The molecule has 1 fully saturated rings. The maximum absolute atomic E-state index is 4.00. The third-order valence-electron chi connectivity index (χ3n) is 1.21. The molecule has 1 N–H and O–H groups in total. The van der Waals surface area contributed by atoms with Gasteiger partial charge < -0.3 is 5.32 Å². The summed E-state index contributed by atoms with van der Waals surface area (Å²) < 4.78 is 0. The lowest BCUT2D eigenvalue weighted by molar-refractivity contribution is 0.520. The van der Waals surface area contributed by atoms with Gasteiger partial charge in [-0.3, -0.25) is 0 Å². The van der Waals surface area contributed by atoms with Crippen molar-refractivity contribution in [1.82, 2.24) is 5.32 Å². The lowest BCUT2D eigenvalue weighted by Crippen LogP contribution is -2.21. The van der Waals surface area contributed by atoms with Gasteiger partial charge in [0.15, 0.2) is 0 Å². The van der Waals surface area contributed by atoms with E-state index in [-0.39, 0.29) is 1.43 Å². The highest BCUT2D eigenvalue weighted by molar-refractivity contribution is 4.55. The van der Waals surface area contributed by atoms with Gasteiger partial charge in [0.25, 0.3) is 0 Å². The van der Waals surface area contributed by atoms with Gasteiger partial charge in [0, 0.05) is 1.43 Å². The summed E-state index contributed by atoms with van der Waals surface area (Å²) in [4.78, 5) is 0. The zero-order chi connectivity index (χ0) is 6.24. The lowest BCUT2D eigenvalue weighted by Gasteiger charge is -2.08. The van der Waals surface area contributed by atoms with Crippen molar-refractivity contribution in [1.29, 1.82) is 0 Å². The van der Waals surface area contributed by atoms with Gasteiger partial charge in [-0.15, -0.1) is 12.8 Å². The number of rotatable bonds is 0. The number of hydrogen-bond acceptors (Lipinski definition) is 1. The van der Waals surface area contributed by atoms with E-state index in [4.69, 9.17) is 0 Å². The number of piperidine rings is 1. The van der Waals surface area contributed by atoms with Crippen LogP contribution in [0.1, 0.15) is 20.7 Å². The van der Waals surface area contributed by atoms with Crippen LogP contribution in [0.2, 0.25) is 0 Å². The van der Waals surface area contributed by atoms with Gasteiger partial charge in [-0.25, -0.2) is 0 Å². The summed E-state index contributed by atoms with van der Waals surface area (Å²) >= 11 is 0. The molecule has 0 bridgehead atoms. The van der Waals surface area contributed by atoms with Gasteiger partial charge in [-0.1, -0.05) is 6.42 Å². The summed E-state index contributed by atoms with van der Waals surface area (Å²) in [5.41, 5.74) is 0. The molecule has 0 spiro atoms. The van der Waals surface area contributed by atoms with Crippen LogP contribution >= 0.6 is 0 Å². The number of nitrogens with one attached hydrogen (secondary N) is 1. The average molecular weight is 113 g/mol. The van der Waals surface area contributed by atoms with Gasteiger partial charge in [-0.05, 0) is 25.9 Å². The average Bonchev–Trinajstić information content (AvgIpc) is 1.96. The first kappa shape index (κ1) is 7.52. The fraction of sp³-hybridized carbons (Fsp3) is 0.714. The molecule has 48 valence electrons. The number of hydrogen-bond donors (Lipinski definition) is 1. The monoisotopic (exact) mass is 113 g/mol. The van der Waals surface area contributed by atoms with Gasteiger partial charge in [0.1, 0.15) is 0 Å². The quantitative estimate of drug-likeness (QED) is 0.466. The van der Waals surface area contributed by atoms with E-state index >= 15 is 0 Å². The Morgan fingerprint density at radius 2 is 1.50 bits per heavy atom. The van der Waals surface area contributed by atoms with E-state index in [2.05, 4.69) is 18.2 Å². The first-order chi connectivity index (χ1) is 4.00. The minimum Gasteiger partial charge on any atom is -0.317 e. The predicted octanol–water partition coefficient (Wildman–Crippen LogP) is 1.26. The molecule has 0 saturated carbocycles. The molecule has 1 aliphatic heterocycles. The van der Waals surface area contributed by atoms with Gasteiger partial charge in [-0.2, -0.15) is 0 Å². The Morgan fingerprint density at radius 3 is 1.62 bits per heavy atom. The zero-order valence-electron chi connectivity index (χ0n) is 5.19. The molecule has 0 atom stereocenters. The van der Waals surface area contributed by atoms with Crippen LogP contribution in [0.25, 0.3) is 0 Å². The predicted molar refractivity (Wildman–Crippen MR) is 38.7 cm³/mol. The molecule has 1 rings (SSSR count). The topological polar surface area (TPSA) is 12.0 Å². The standard InChI is InChI=1S/C5H11N.C2H2.H2/c1-2-4-6-5-3-1;1-2;/h6H,1-5H2;1-2H;1H. The molecule has 0 aliphatic carbocycles. The Balaban J connectivity index is 0. The van der Waals surface area contributed by atoms with Crippen molar-refractivity contribution in [3.05, 3.63) is 0 Å². The highest BCUT2D eigenvalue weighted by atomic mass is 14.9. The van der Waals surface area contributed by atoms with Crippen molar-refractivity contribution < 1.29 is 1.43 Å². The van der Waals surface area contributed by atoms with Crippen LogP contribution in [0.5, 0.6) is 0 Å². The van der Waals surface area contributed by atoms with Crippen LogP contribution in [0.15, 0.2) is 0 Å². The summed E-state index contributed by atoms with van der Waals surface area (Å²) in [5, 5.41) is 3.28. The number of terminal acetylenes is 1. The summed E-state index contributed by atoms with van der Waals surface area (Å²) in [5.74, 6) is 0. The van der Waals surface area contributed by atoms with E-state index in [9.17, 15) is 0 Å². The Kier molecular flexibility index (Phi) is 6.13. The van der Waals surface area contributed by atoms with E-state index in [1.165, 1.54) is 32.4 Å². The third-order valence-corrected chi connectivity index (χ3v) is 1.21. The normalized spacial score (nSPS) is 18.2. The van der Waals surface area contributed by atoms with Crippen LogP contribution in [0.3, 0.4) is 0 Å². The van der Waals surface area contributed by atoms with Crippen molar-refractivity contribution in [3.8, 4) is 12.8 Å². The molecule has 0 aromatic heterocycles. The lowest BCUT2D eigenvalue weighted by atomic mass is 10.2. The molecule has 0 aromatic carbocycles. The molecule has 8 heavy (non-hydrogen) atoms. The van der Waals surface area contributed by atoms with E-state index in [0.29, 0.717) is 0 Å². The third kappa shape index (κ3) is 3.70. The summed E-state index contributed by atoms with van der Waals surface area (Å²) in [7, 11) is 0. The highest BCUT2D eigenvalue weighted by Crippen LogP contribution is 1.96. The van der Waals surface area contributed by atoms with Crippen LogP contribution in [0.4, 0.5) is 0 Å². The molecule has 0 amide bonds. The van der Waals surface area contributed by atoms with Gasteiger partial charge in [0.05, 0.1) is 0 Å². The first-order valence-corrected chi connectivity index (χ1v) is 3.04. The molecule has 0 radical (unpaired) electrons. The Labute approximate surface area is 53.0 Å². The van der Waals surface area contributed by atoms with Crippen LogP contribution in [-0.4, -0.2) is 13.1 Å². The van der Waals surface area contributed by atoms with Crippen LogP contribution in [-0.2, 0) is 0 Å². The maximum Gasteiger partial charge on any atom is 0 e. The van der Waals surface area contributed by atoms with Crippen LogP contribution < -0.4 is 5.32 Å². The molecular weight excluding hydrogens is 98.1 g/mol. The Bertz CT molecular complexity index is 45.7. The minimum absolute atomic E-state index is 0. The van der Waals surface area contributed by atoms with Crippen molar-refractivity contribution in [3.63, 3.8) is 0 Å². The highest BCUT2D eigenvalue weighted by Gasteiger charge is 1.93. The van der Waals surface area contributed by atoms with Crippen molar-refractivity contribution in [2.24, 2.45) is 0 Å². The van der Waals surface area contributed by atoms with Crippen molar-refractivity contribution >= 4 is 0 Å². The molecule has 0 aromatic rings. The van der Waals surface area contributed by atoms with E-state index in [1.54, 1.807) is 0 Å². The fourth-order valence-electron chi connectivity index (χ4n) is 0.802. The molecule has 0 unspecified atom stereocenters. The van der Waals surface area contributed by atoms with E-state index in [1.807, 2.05) is 0 Å². The van der Waals surface area contributed by atoms with Gasteiger partial charge >= 0.3 is 0 Å². The Hall–Kier alpha value is -0.480. The van der Waals surface area contributed by atoms with Crippen molar-refractivity contribution in [2.45, 2.75) is 19.3 Å². The van der Waals surface area contributed by atoms with Crippen LogP contribution in [0, 0.1) is 12.8 Å². The SMILES string of the molecule is C#C.C1CCNCC1.[HH]. The minimum atomic E-state index is 0. The second kappa shape index (κ2) is 6.52. The summed E-state index contributed by atoms with van der Waals surface area (Å²) in [6.07, 6.45) is 12.2. The molecule has 1 heteroatoms.